The fourth-order valence-corrected chi connectivity index (χ4v) is 5.59. The van der Waals surface area contributed by atoms with Crippen molar-refractivity contribution < 1.29 is 35.0 Å². The van der Waals surface area contributed by atoms with Crippen LogP contribution in [-0.2, 0) is 30.7 Å². The molecule has 3 aromatic carbocycles. The van der Waals surface area contributed by atoms with Gasteiger partial charge in [0.25, 0.3) is 0 Å². The van der Waals surface area contributed by atoms with Crippen molar-refractivity contribution >= 4 is 34.7 Å². The predicted molar refractivity (Wildman–Crippen MR) is 162 cm³/mol. The summed E-state index contributed by atoms with van der Waals surface area (Å²) < 4.78 is 16.2. The van der Waals surface area contributed by atoms with Crippen LogP contribution in [-0.4, -0.2) is 23.3 Å². The number of carbonyl (C=O) groups excluding carboxylic acids is 2. The monoisotopic (exact) mass is 716 g/mol. The maximum absolute atomic E-state index is 16.2. The van der Waals surface area contributed by atoms with Gasteiger partial charge in [0.15, 0.2) is 0 Å². The molecule has 4 aromatic rings. The maximum Gasteiger partial charge on any atom is 2.00 e. The van der Waals surface area contributed by atoms with E-state index in [1.54, 1.807) is 6.20 Å². The fraction of sp³-hybridized carbons (Fsp3) is 0.265. The summed E-state index contributed by atoms with van der Waals surface area (Å²) >= 11 is 0. The molecule has 4 rings (SSSR count). The summed E-state index contributed by atoms with van der Waals surface area (Å²) in [5, 5.41) is 0. The zero-order valence-electron chi connectivity index (χ0n) is 24.6. The van der Waals surface area contributed by atoms with E-state index in [0.717, 1.165) is 0 Å². The van der Waals surface area contributed by atoms with Crippen molar-refractivity contribution in [2.24, 2.45) is 0 Å². The SMILES string of the molecule is CC(=O)CC(C)=O.Cc1cc(C)c(B(c2cccc(-c3ccccn3)c2F)c2c(C)cc(C)cc2C)c(C)c1.[Pt+2]. The van der Waals surface area contributed by atoms with Gasteiger partial charge in [-0.3, -0.25) is 14.6 Å². The smallest absolute Gasteiger partial charge is 0.300 e. The standard InChI is InChI=1S/C29H29BFN.C5H8O2.Pt/c1-18-14-20(3)27(21(4)15-18)30(28-22(5)16-19(2)17-23(28)6)25-11-9-10-24(29(25)31)26-12-7-8-13-32-26;1-4(6)3-5(2)7;/h7-17H,1-6H3;3H2,1-2H3;/q;;+2. The Labute approximate surface area is 253 Å². The number of benzene rings is 3. The maximum atomic E-state index is 16.2. The van der Waals surface area contributed by atoms with Crippen molar-refractivity contribution in [1.82, 2.24) is 4.98 Å². The molecule has 0 aliphatic heterocycles. The number of aryl methyl sites for hydroxylation is 6. The van der Waals surface area contributed by atoms with Gasteiger partial charge in [0.2, 0.25) is 6.71 Å². The number of hydrogen-bond donors (Lipinski definition) is 0. The van der Waals surface area contributed by atoms with Crippen LogP contribution < -0.4 is 16.4 Å². The number of aromatic nitrogens is 1. The Bertz CT molecular complexity index is 1400. The van der Waals surface area contributed by atoms with Crippen molar-refractivity contribution in [3.05, 3.63) is 106 Å². The Kier molecular flexibility index (Phi) is 11.9. The van der Waals surface area contributed by atoms with Crippen molar-refractivity contribution in [3.8, 4) is 11.3 Å². The molecule has 3 nitrogen and oxygen atoms in total. The Balaban J connectivity index is 0.000000623. The van der Waals surface area contributed by atoms with Crippen LogP contribution in [0, 0.1) is 47.4 Å². The minimum absolute atomic E-state index is 0. The third-order valence-corrected chi connectivity index (χ3v) is 6.83. The van der Waals surface area contributed by atoms with Gasteiger partial charge in [0.05, 0.1) is 12.1 Å². The third kappa shape index (κ3) is 7.95. The van der Waals surface area contributed by atoms with E-state index in [-0.39, 0.29) is 51.6 Å². The zero-order chi connectivity index (χ0) is 28.9. The second-order valence-corrected chi connectivity index (χ2v) is 10.6. The second-order valence-electron chi connectivity index (χ2n) is 10.6. The molecule has 6 heteroatoms. The molecule has 0 spiro atoms. The van der Waals surface area contributed by atoms with Crippen LogP contribution in [0.1, 0.15) is 53.6 Å². The molecule has 208 valence electrons. The van der Waals surface area contributed by atoms with E-state index >= 15 is 4.39 Å². The Morgan fingerprint density at radius 2 is 1.20 bits per heavy atom. The van der Waals surface area contributed by atoms with E-state index in [9.17, 15) is 9.59 Å². The van der Waals surface area contributed by atoms with Gasteiger partial charge in [-0.2, -0.15) is 0 Å². The summed E-state index contributed by atoms with van der Waals surface area (Å²) in [5.41, 5.74) is 11.5. The molecule has 1 aromatic heterocycles. The minimum atomic E-state index is -0.199. The molecular weight excluding hydrogens is 679 g/mol. The number of ketones is 2. The summed E-state index contributed by atoms with van der Waals surface area (Å²) in [7, 11) is 0. The predicted octanol–water partition coefficient (Wildman–Crippen LogP) is 5.81. The van der Waals surface area contributed by atoms with Crippen molar-refractivity contribution in [2.75, 3.05) is 0 Å². The molecule has 0 amide bonds. The topological polar surface area (TPSA) is 47.0 Å². The molecule has 0 aliphatic rings. The molecule has 0 fully saturated rings. The van der Waals surface area contributed by atoms with Gasteiger partial charge in [-0.05, 0) is 79.1 Å². The number of Topliss-reactive ketones (excluding diaryl/α,β-unsaturated/α-hetero) is 2. The molecule has 0 unspecified atom stereocenters. The van der Waals surface area contributed by atoms with Crippen molar-refractivity contribution in [2.45, 2.75) is 61.8 Å². The van der Waals surface area contributed by atoms with Crippen molar-refractivity contribution in [1.29, 1.82) is 0 Å². The average molecular weight is 717 g/mol. The first-order valence-corrected chi connectivity index (χ1v) is 13.2. The summed E-state index contributed by atoms with van der Waals surface area (Å²) in [6, 6.07) is 20.1. The van der Waals surface area contributed by atoms with Crippen molar-refractivity contribution in [3.63, 3.8) is 0 Å². The molecule has 0 saturated heterocycles. The summed E-state index contributed by atoms with van der Waals surface area (Å²) in [4.78, 5) is 24.5. The summed E-state index contributed by atoms with van der Waals surface area (Å²) in [6.07, 6.45) is 1.79. The van der Waals surface area contributed by atoms with E-state index in [4.69, 9.17) is 0 Å². The molecule has 0 saturated carbocycles. The molecule has 0 radical (unpaired) electrons. The quantitative estimate of drug-likeness (QED) is 0.187. The molecule has 0 atom stereocenters. The Morgan fingerprint density at radius 1 is 0.725 bits per heavy atom. The van der Waals surface area contributed by atoms with Gasteiger partial charge in [-0.15, -0.1) is 0 Å². The average Bonchev–Trinajstić information content (AvgIpc) is 2.82. The largest absolute Gasteiger partial charge is 2.00 e. The van der Waals surface area contributed by atoms with Crippen LogP contribution in [0.25, 0.3) is 11.3 Å². The first kappa shape index (κ1) is 33.0. The molecular formula is C34H37BFNO2Pt+2. The first-order valence-electron chi connectivity index (χ1n) is 13.2. The van der Waals surface area contributed by atoms with Gasteiger partial charge < -0.3 is 0 Å². The van der Waals surface area contributed by atoms with E-state index in [1.807, 2.05) is 36.4 Å². The number of halogens is 1. The van der Waals surface area contributed by atoms with Crippen LogP contribution in [0.2, 0.25) is 0 Å². The molecule has 0 N–H and O–H groups in total. The summed E-state index contributed by atoms with van der Waals surface area (Å²) in [5.74, 6) is -0.324. The second kappa shape index (κ2) is 14.5. The third-order valence-electron chi connectivity index (χ3n) is 6.83. The molecule has 40 heavy (non-hydrogen) atoms. The zero-order valence-corrected chi connectivity index (χ0v) is 26.9. The van der Waals surface area contributed by atoms with Crippen LogP contribution in [0.15, 0.2) is 66.9 Å². The van der Waals surface area contributed by atoms with Gasteiger partial charge in [-0.25, -0.2) is 4.39 Å². The number of nitrogens with zero attached hydrogens (tertiary/aromatic N) is 1. The van der Waals surface area contributed by atoms with Crippen LogP contribution in [0.5, 0.6) is 0 Å². The minimum Gasteiger partial charge on any atom is -0.300 e. The van der Waals surface area contributed by atoms with Crippen LogP contribution in [0.4, 0.5) is 4.39 Å². The molecule has 1 heterocycles. The van der Waals surface area contributed by atoms with E-state index in [2.05, 4.69) is 70.8 Å². The molecule has 0 bridgehead atoms. The van der Waals surface area contributed by atoms with Gasteiger partial charge in [0.1, 0.15) is 17.4 Å². The van der Waals surface area contributed by atoms with E-state index in [0.29, 0.717) is 16.7 Å². The van der Waals surface area contributed by atoms with E-state index in [1.165, 1.54) is 58.2 Å². The fourth-order valence-electron chi connectivity index (χ4n) is 5.59. The Morgan fingerprint density at radius 3 is 1.57 bits per heavy atom. The summed E-state index contributed by atoms with van der Waals surface area (Å²) in [6.45, 7) is 15.4. The van der Waals surface area contributed by atoms with Gasteiger partial charge in [-0.1, -0.05) is 86.8 Å². The van der Waals surface area contributed by atoms with Gasteiger partial charge >= 0.3 is 21.1 Å². The first-order chi connectivity index (χ1) is 18.4. The normalized spacial score (nSPS) is 10.2. The number of hydrogen-bond acceptors (Lipinski definition) is 3. The Hall–Kier alpha value is -3.17. The number of carbonyl (C=O) groups is 2. The van der Waals surface area contributed by atoms with Gasteiger partial charge in [0, 0.05) is 11.8 Å². The van der Waals surface area contributed by atoms with Crippen LogP contribution >= 0.6 is 0 Å². The number of pyridine rings is 1. The van der Waals surface area contributed by atoms with Crippen LogP contribution in [0.3, 0.4) is 0 Å². The number of rotatable bonds is 6. The molecule has 0 aliphatic carbocycles. The van der Waals surface area contributed by atoms with E-state index < -0.39 is 0 Å².